The maximum Gasteiger partial charge on any atom is 0.224 e. The smallest absolute Gasteiger partial charge is 0.224 e. The van der Waals surface area contributed by atoms with Gasteiger partial charge in [0.15, 0.2) is 0 Å². The molecule has 0 radical (unpaired) electrons. The normalized spacial score (nSPS) is 14.0. The molecule has 0 saturated carbocycles. The molecule has 0 spiro atoms. The van der Waals surface area contributed by atoms with Crippen LogP contribution in [0.25, 0.3) is 0 Å². The molecule has 0 aliphatic carbocycles. The van der Waals surface area contributed by atoms with Crippen LogP contribution in [0.2, 0.25) is 0 Å². The van der Waals surface area contributed by atoms with E-state index in [0.29, 0.717) is 13.0 Å². The van der Waals surface area contributed by atoms with E-state index in [-0.39, 0.29) is 5.91 Å². The first-order valence-electron chi connectivity index (χ1n) is 8.23. The second-order valence-electron chi connectivity index (χ2n) is 6.10. The average molecular weight is 309 g/mol. The van der Waals surface area contributed by atoms with Gasteiger partial charge in [-0.1, -0.05) is 30.3 Å². The van der Waals surface area contributed by atoms with E-state index in [1.54, 1.807) is 0 Å². The van der Waals surface area contributed by atoms with Gasteiger partial charge in [0.05, 0.1) is 6.42 Å². The first kappa shape index (κ1) is 15.5. The van der Waals surface area contributed by atoms with Gasteiger partial charge in [0.2, 0.25) is 5.91 Å². The van der Waals surface area contributed by atoms with E-state index in [9.17, 15) is 4.79 Å². The molecule has 1 fully saturated rings. The van der Waals surface area contributed by atoms with Gasteiger partial charge in [0.1, 0.15) is 5.82 Å². The number of carbonyl (C=O) groups excluding carboxylic acids is 1. The summed E-state index contributed by atoms with van der Waals surface area (Å²) in [5.41, 5.74) is 3.26. The Morgan fingerprint density at radius 1 is 1.17 bits per heavy atom. The van der Waals surface area contributed by atoms with Crippen LogP contribution in [0.15, 0.2) is 42.6 Å². The molecule has 1 aromatic heterocycles. The summed E-state index contributed by atoms with van der Waals surface area (Å²) < 4.78 is 0. The number of nitrogens with zero attached hydrogens (tertiary/aromatic N) is 2. The number of anilines is 1. The number of hydrogen-bond donors (Lipinski definition) is 1. The molecule has 0 bridgehead atoms. The molecule has 1 saturated heterocycles. The van der Waals surface area contributed by atoms with Crippen LogP contribution in [0.3, 0.4) is 0 Å². The summed E-state index contributed by atoms with van der Waals surface area (Å²) >= 11 is 0. The summed E-state index contributed by atoms with van der Waals surface area (Å²) in [7, 11) is 0. The number of pyridine rings is 1. The molecule has 0 atom stereocenters. The molecule has 120 valence electrons. The molecule has 1 N–H and O–H groups in total. The van der Waals surface area contributed by atoms with Crippen molar-refractivity contribution in [2.45, 2.75) is 32.7 Å². The molecule has 2 aromatic rings. The molecular formula is C19H23N3O. The molecule has 1 aromatic carbocycles. The number of benzene rings is 1. The lowest BCUT2D eigenvalue weighted by Crippen LogP contribution is -2.25. The van der Waals surface area contributed by atoms with Gasteiger partial charge in [-0.2, -0.15) is 0 Å². The highest BCUT2D eigenvalue weighted by Crippen LogP contribution is 2.17. The fraction of sp³-hybridized carbons (Fsp3) is 0.368. The standard InChI is InChI=1S/C19H23N3O/c1-15-6-2-3-7-17(15)12-19(23)21-14-16-8-9-18(20-13-16)22-10-4-5-11-22/h2-3,6-9,13H,4-5,10-12,14H2,1H3,(H,21,23). The highest BCUT2D eigenvalue weighted by atomic mass is 16.1. The lowest BCUT2D eigenvalue weighted by atomic mass is 10.1. The largest absolute Gasteiger partial charge is 0.357 e. The summed E-state index contributed by atoms with van der Waals surface area (Å²) in [6, 6.07) is 12.1. The lowest BCUT2D eigenvalue weighted by molar-refractivity contribution is -0.120. The Morgan fingerprint density at radius 2 is 1.96 bits per heavy atom. The number of aromatic nitrogens is 1. The summed E-state index contributed by atoms with van der Waals surface area (Å²) in [6.45, 7) is 4.75. The van der Waals surface area contributed by atoms with Gasteiger partial charge in [-0.3, -0.25) is 4.79 Å². The minimum atomic E-state index is 0.0444. The van der Waals surface area contributed by atoms with E-state index in [4.69, 9.17) is 0 Å². The van der Waals surface area contributed by atoms with Crippen molar-refractivity contribution in [2.24, 2.45) is 0 Å². The van der Waals surface area contributed by atoms with Gasteiger partial charge in [0.25, 0.3) is 0 Å². The summed E-state index contributed by atoms with van der Waals surface area (Å²) in [4.78, 5) is 18.9. The average Bonchev–Trinajstić information content (AvgIpc) is 3.10. The number of hydrogen-bond acceptors (Lipinski definition) is 3. The van der Waals surface area contributed by atoms with Gasteiger partial charge in [-0.25, -0.2) is 4.98 Å². The number of nitrogens with one attached hydrogen (secondary N) is 1. The molecule has 3 rings (SSSR count). The topological polar surface area (TPSA) is 45.2 Å². The third-order valence-electron chi connectivity index (χ3n) is 4.34. The van der Waals surface area contributed by atoms with Crippen LogP contribution in [-0.4, -0.2) is 24.0 Å². The lowest BCUT2D eigenvalue weighted by Gasteiger charge is -2.16. The molecule has 1 aliphatic rings. The number of carbonyl (C=O) groups is 1. The fourth-order valence-electron chi connectivity index (χ4n) is 2.90. The van der Waals surface area contributed by atoms with Crippen molar-refractivity contribution in [1.29, 1.82) is 0 Å². The van der Waals surface area contributed by atoms with Gasteiger partial charge >= 0.3 is 0 Å². The Bertz CT molecular complexity index is 661. The quantitative estimate of drug-likeness (QED) is 0.924. The van der Waals surface area contributed by atoms with E-state index in [1.165, 1.54) is 12.8 Å². The molecule has 1 amide bonds. The number of aryl methyl sites for hydroxylation is 1. The molecular weight excluding hydrogens is 286 g/mol. The molecule has 23 heavy (non-hydrogen) atoms. The van der Waals surface area contributed by atoms with Crippen LogP contribution in [0.4, 0.5) is 5.82 Å². The zero-order valence-corrected chi connectivity index (χ0v) is 13.6. The third-order valence-corrected chi connectivity index (χ3v) is 4.34. The van der Waals surface area contributed by atoms with Crippen LogP contribution < -0.4 is 10.2 Å². The summed E-state index contributed by atoms with van der Waals surface area (Å²) in [5, 5.41) is 2.97. The first-order valence-corrected chi connectivity index (χ1v) is 8.23. The SMILES string of the molecule is Cc1ccccc1CC(=O)NCc1ccc(N2CCCC2)nc1. The predicted molar refractivity (Wildman–Crippen MR) is 92.4 cm³/mol. The second-order valence-corrected chi connectivity index (χ2v) is 6.10. The van der Waals surface area contributed by atoms with Crippen LogP contribution in [0.5, 0.6) is 0 Å². The van der Waals surface area contributed by atoms with E-state index in [0.717, 1.165) is 35.6 Å². The van der Waals surface area contributed by atoms with Crippen molar-refractivity contribution in [1.82, 2.24) is 10.3 Å². The highest BCUT2D eigenvalue weighted by molar-refractivity contribution is 5.78. The molecule has 2 heterocycles. The van der Waals surface area contributed by atoms with Crippen molar-refractivity contribution in [3.63, 3.8) is 0 Å². The zero-order valence-electron chi connectivity index (χ0n) is 13.6. The predicted octanol–water partition coefficient (Wildman–Crippen LogP) is 2.85. The summed E-state index contributed by atoms with van der Waals surface area (Å²) in [5.74, 6) is 1.08. The van der Waals surface area contributed by atoms with Gasteiger partial charge in [-0.05, 0) is 42.5 Å². The van der Waals surface area contributed by atoms with Gasteiger partial charge < -0.3 is 10.2 Å². The Hall–Kier alpha value is -2.36. The zero-order chi connectivity index (χ0) is 16.1. The minimum absolute atomic E-state index is 0.0444. The maximum atomic E-state index is 12.1. The first-order chi connectivity index (χ1) is 11.2. The third kappa shape index (κ3) is 4.09. The second kappa shape index (κ2) is 7.27. The van der Waals surface area contributed by atoms with E-state index < -0.39 is 0 Å². The van der Waals surface area contributed by atoms with Crippen molar-refractivity contribution >= 4 is 11.7 Å². The van der Waals surface area contributed by atoms with Crippen molar-refractivity contribution in [2.75, 3.05) is 18.0 Å². The Kier molecular flexibility index (Phi) is 4.91. The molecule has 1 aliphatic heterocycles. The van der Waals surface area contributed by atoms with Gasteiger partial charge in [-0.15, -0.1) is 0 Å². The van der Waals surface area contributed by atoms with Gasteiger partial charge in [0, 0.05) is 25.8 Å². The molecule has 0 unspecified atom stereocenters. The van der Waals surface area contributed by atoms with E-state index >= 15 is 0 Å². The van der Waals surface area contributed by atoms with Crippen molar-refractivity contribution in [3.05, 3.63) is 59.3 Å². The van der Waals surface area contributed by atoms with Crippen LogP contribution in [0.1, 0.15) is 29.5 Å². The van der Waals surface area contributed by atoms with E-state index in [1.807, 2.05) is 43.5 Å². The van der Waals surface area contributed by atoms with Crippen LogP contribution in [-0.2, 0) is 17.8 Å². The monoisotopic (exact) mass is 309 g/mol. The number of amides is 1. The molecule has 4 heteroatoms. The highest BCUT2D eigenvalue weighted by Gasteiger charge is 2.13. The number of rotatable bonds is 5. The van der Waals surface area contributed by atoms with Crippen molar-refractivity contribution < 1.29 is 4.79 Å². The molecule has 4 nitrogen and oxygen atoms in total. The van der Waals surface area contributed by atoms with E-state index in [2.05, 4.69) is 21.3 Å². The Morgan fingerprint density at radius 3 is 2.65 bits per heavy atom. The van der Waals surface area contributed by atoms with Crippen LogP contribution >= 0.6 is 0 Å². The van der Waals surface area contributed by atoms with Crippen molar-refractivity contribution in [3.8, 4) is 0 Å². The minimum Gasteiger partial charge on any atom is -0.357 e. The maximum absolute atomic E-state index is 12.1. The van der Waals surface area contributed by atoms with Crippen LogP contribution in [0, 0.1) is 6.92 Å². The summed E-state index contributed by atoms with van der Waals surface area (Å²) in [6.07, 6.45) is 4.78. The fourth-order valence-corrected chi connectivity index (χ4v) is 2.90. The Labute approximate surface area is 137 Å². The Balaban J connectivity index is 1.51.